The fourth-order valence-corrected chi connectivity index (χ4v) is 2.55. The molecule has 0 atom stereocenters. The van der Waals surface area contributed by atoms with Crippen LogP contribution in [0, 0.1) is 0 Å². The molecular weight excluding hydrogens is 214 g/mol. The highest BCUT2D eigenvalue weighted by Gasteiger charge is 2.34. The Hall–Kier alpha value is -0.980. The minimum Gasteiger partial charge on any atom is -0.264 e. The average Bonchev–Trinajstić information content (AvgIpc) is 3.02. The molecule has 1 fully saturated rings. The summed E-state index contributed by atoms with van der Waals surface area (Å²) in [5.41, 5.74) is 0.894. The van der Waals surface area contributed by atoms with E-state index in [1.165, 1.54) is 8.61 Å². The van der Waals surface area contributed by atoms with Crippen LogP contribution in [0.5, 0.6) is 0 Å². The highest BCUT2D eigenvalue weighted by atomic mass is 32.2. The molecular formula is C9H13N3O2S. The minimum atomic E-state index is -3.23. The largest absolute Gasteiger partial charge is 0.282 e. The van der Waals surface area contributed by atoms with Crippen LogP contribution < -0.4 is 0 Å². The fourth-order valence-electron chi connectivity index (χ4n) is 1.30. The highest BCUT2D eigenvalue weighted by molar-refractivity contribution is 7.86. The first-order valence-corrected chi connectivity index (χ1v) is 6.11. The average molecular weight is 227 g/mol. The van der Waals surface area contributed by atoms with Gasteiger partial charge in [0.05, 0.1) is 0 Å². The fraction of sp³-hybridized carbons (Fsp3) is 0.444. The Morgan fingerprint density at radius 1 is 1.53 bits per heavy atom. The molecule has 2 rings (SSSR count). The predicted molar refractivity (Wildman–Crippen MR) is 56.2 cm³/mol. The lowest BCUT2D eigenvalue weighted by Crippen LogP contribution is -2.31. The van der Waals surface area contributed by atoms with Crippen molar-refractivity contribution in [3.05, 3.63) is 30.1 Å². The zero-order valence-corrected chi connectivity index (χ0v) is 9.31. The van der Waals surface area contributed by atoms with E-state index in [1.54, 1.807) is 25.5 Å². The lowest BCUT2D eigenvalue weighted by molar-refractivity contribution is 0.439. The molecule has 0 radical (unpaired) electrons. The van der Waals surface area contributed by atoms with Gasteiger partial charge in [0.2, 0.25) is 0 Å². The van der Waals surface area contributed by atoms with Crippen LogP contribution in [-0.2, 0) is 16.8 Å². The number of pyridine rings is 1. The van der Waals surface area contributed by atoms with E-state index >= 15 is 0 Å². The number of nitrogens with zero attached hydrogens (tertiary/aromatic N) is 3. The molecule has 0 N–H and O–H groups in total. The van der Waals surface area contributed by atoms with E-state index in [2.05, 4.69) is 4.98 Å². The topological polar surface area (TPSA) is 53.3 Å². The Balaban J connectivity index is 2.07. The maximum Gasteiger partial charge on any atom is 0.282 e. The van der Waals surface area contributed by atoms with Crippen molar-refractivity contribution in [1.29, 1.82) is 0 Å². The molecule has 1 saturated heterocycles. The van der Waals surface area contributed by atoms with Crippen molar-refractivity contribution < 1.29 is 8.42 Å². The molecule has 0 aromatic carbocycles. The van der Waals surface area contributed by atoms with Gasteiger partial charge in [-0.2, -0.15) is 17.0 Å². The summed E-state index contributed by atoms with van der Waals surface area (Å²) in [7, 11) is -1.64. The summed E-state index contributed by atoms with van der Waals surface area (Å²) in [4.78, 5) is 3.95. The maximum atomic E-state index is 11.7. The Bertz CT molecular complexity index is 428. The zero-order valence-electron chi connectivity index (χ0n) is 8.50. The first kappa shape index (κ1) is 10.5. The third-order valence-electron chi connectivity index (χ3n) is 2.25. The van der Waals surface area contributed by atoms with Gasteiger partial charge in [-0.05, 0) is 11.6 Å². The number of hydrogen-bond donors (Lipinski definition) is 0. The van der Waals surface area contributed by atoms with Gasteiger partial charge >= 0.3 is 0 Å². The van der Waals surface area contributed by atoms with Crippen LogP contribution >= 0.6 is 0 Å². The van der Waals surface area contributed by atoms with Crippen LogP contribution in [0.25, 0.3) is 0 Å². The second-order valence-corrected chi connectivity index (χ2v) is 5.56. The van der Waals surface area contributed by atoms with E-state index in [0.717, 1.165) is 5.56 Å². The van der Waals surface area contributed by atoms with Crippen molar-refractivity contribution in [2.45, 2.75) is 6.54 Å². The zero-order chi connectivity index (χ0) is 10.9. The van der Waals surface area contributed by atoms with Gasteiger partial charge in [0, 0.05) is 39.1 Å². The molecule has 1 aromatic heterocycles. The summed E-state index contributed by atoms with van der Waals surface area (Å²) in [6, 6.07) is 3.66. The standard InChI is InChI=1S/C9H13N3O2S/c1-11(15(13,14)12-5-6-12)8-9-3-2-4-10-7-9/h2-4,7H,5-6,8H2,1H3. The molecule has 0 amide bonds. The van der Waals surface area contributed by atoms with E-state index in [1.807, 2.05) is 6.07 Å². The van der Waals surface area contributed by atoms with Gasteiger partial charge in [0.1, 0.15) is 0 Å². The van der Waals surface area contributed by atoms with E-state index < -0.39 is 10.2 Å². The molecule has 0 unspecified atom stereocenters. The third-order valence-corrected chi connectivity index (χ3v) is 4.19. The summed E-state index contributed by atoms with van der Waals surface area (Å²) in [6.07, 6.45) is 3.34. The van der Waals surface area contributed by atoms with Gasteiger partial charge in [-0.25, -0.2) is 0 Å². The normalized spacial score (nSPS) is 16.9. The SMILES string of the molecule is CN(Cc1cccnc1)S(=O)(=O)N1CC1. The lowest BCUT2D eigenvalue weighted by Gasteiger charge is -2.16. The monoisotopic (exact) mass is 227 g/mol. The Labute approximate surface area is 89.5 Å². The van der Waals surface area contributed by atoms with Crippen LogP contribution in [0.2, 0.25) is 0 Å². The number of aromatic nitrogens is 1. The van der Waals surface area contributed by atoms with Gasteiger partial charge in [0.25, 0.3) is 10.2 Å². The van der Waals surface area contributed by atoms with E-state index in [0.29, 0.717) is 19.6 Å². The van der Waals surface area contributed by atoms with Crippen LogP contribution in [0.3, 0.4) is 0 Å². The molecule has 0 spiro atoms. The summed E-state index contributed by atoms with van der Waals surface area (Å²) in [5, 5.41) is 0. The van der Waals surface area contributed by atoms with Crippen molar-refractivity contribution in [2.24, 2.45) is 0 Å². The summed E-state index contributed by atoms with van der Waals surface area (Å²) in [6.45, 7) is 1.64. The Morgan fingerprint density at radius 3 is 2.80 bits per heavy atom. The van der Waals surface area contributed by atoms with Crippen molar-refractivity contribution >= 4 is 10.2 Å². The van der Waals surface area contributed by atoms with Gasteiger partial charge in [-0.3, -0.25) is 4.98 Å². The first-order valence-electron chi connectivity index (χ1n) is 4.71. The van der Waals surface area contributed by atoms with Crippen molar-refractivity contribution in [3.63, 3.8) is 0 Å². The molecule has 82 valence electrons. The molecule has 0 aliphatic carbocycles. The molecule has 1 aliphatic heterocycles. The molecule has 2 heterocycles. The van der Waals surface area contributed by atoms with Crippen molar-refractivity contribution in [2.75, 3.05) is 20.1 Å². The second kappa shape index (κ2) is 3.88. The molecule has 5 nitrogen and oxygen atoms in total. The molecule has 6 heteroatoms. The van der Waals surface area contributed by atoms with Crippen LogP contribution in [0.15, 0.2) is 24.5 Å². The first-order chi connectivity index (χ1) is 7.10. The molecule has 1 aromatic rings. The van der Waals surface area contributed by atoms with Gasteiger partial charge in [-0.1, -0.05) is 6.07 Å². The minimum absolute atomic E-state index is 0.368. The van der Waals surface area contributed by atoms with E-state index in [9.17, 15) is 8.42 Å². The van der Waals surface area contributed by atoms with E-state index in [4.69, 9.17) is 0 Å². The Morgan fingerprint density at radius 2 is 2.27 bits per heavy atom. The third kappa shape index (κ3) is 2.34. The summed E-state index contributed by atoms with van der Waals surface area (Å²) < 4.78 is 26.2. The predicted octanol–water partition coefficient (Wildman–Crippen LogP) is 0.0738. The highest BCUT2D eigenvalue weighted by Crippen LogP contribution is 2.16. The maximum absolute atomic E-state index is 11.7. The molecule has 15 heavy (non-hydrogen) atoms. The molecule has 1 aliphatic rings. The second-order valence-electron chi connectivity index (χ2n) is 3.52. The van der Waals surface area contributed by atoms with Crippen LogP contribution in [0.1, 0.15) is 5.56 Å². The van der Waals surface area contributed by atoms with Gasteiger partial charge in [-0.15, -0.1) is 0 Å². The smallest absolute Gasteiger partial charge is 0.264 e. The van der Waals surface area contributed by atoms with E-state index in [-0.39, 0.29) is 0 Å². The lowest BCUT2D eigenvalue weighted by atomic mass is 10.3. The van der Waals surface area contributed by atoms with Crippen LogP contribution in [-0.4, -0.2) is 42.1 Å². The summed E-state index contributed by atoms with van der Waals surface area (Å²) >= 11 is 0. The molecule has 0 bridgehead atoms. The Kier molecular flexibility index (Phi) is 2.72. The molecule has 0 saturated carbocycles. The van der Waals surface area contributed by atoms with Gasteiger partial charge < -0.3 is 0 Å². The number of hydrogen-bond acceptors (Lipinski definition) is 3. The van der Waals surface area contributed by atoms with Crippen molar-refractivity contribution in [1.82, 2.24) is 13.6 Å². The quantitative estimate of drug-likeness (QED) is 0.684. The van der Waals surface area contributed by atoms with Gasteiger partial charge in [0.15, 0.2) is 0 Å². The summed E-state index contributed by atoms with van der Waals surface area (Å²) in [5.74, 6) is 0. The van der Waals surface area contributed by atoms with Crippen molar-refractivity contribution in [3.8, 4) is 0 Å². The van der Waals surface area contributed by atoms with Crippen LogP contribution in [0.4, 0.5) is 0 Å². The number of rotatable bonds is 4.